The maximum absolute atomic E-state index is 13.4. The van der Waals surface area contributed by atoms with E-state index in [1.807, 2.05) is 60.7 Å². The molecule has 206 valence electrons. The van der Waals surface area contributed by atoms with Crippen molar-refractivity contribution in [3.05, 3.63) is 71.8 Å². The first-order chi connectivity index (χ1) is 18.7. The zero-order chi connectivity index (χ0) is 26.4. The lowest BCUT2D eigenvalue weighted by atomic mass is 9.89. The van der Waals surface area contributed by atoms with Gasteiger partial charge in [0.1, 0.15) is 0 Å². The summed E-state index contributed by atoms with van der Waals surface area (Å²) in [5, 5.41) is 0. The minimum Gasteiger partial charge on any atom is -0.303 e. The Bertz CT molecular complexity index is 869. The van der Waals surface area contributed by atoms with E-state index in [2.05, 4.69) is 9.80 Å². The van der Waals surface area contributed by atoms with Gasteiger partial charge < -0.3 is 9.80 Å². The summed E-state index contributed by atoms with van der Waals surface area (Å²) in [6, 6.07) is 19.7. The molecule has 0 aliphatic carbocycles. The Morgan fingerprint density at radius 2 is 0.895 bits per heavy atom. The summed E-state index contributed by atoms with van der Waals surface area (Å²) in [6.45, 7) is 6.33. The molecule has 0 saturated carbocycles. The number of unbranched alkanes of at least 4 members (excludes halogenated alkanes) is 3. The van der Waals surface area contributed by atoms with E-state index in [0.717, 1.165) is 88.9 Å². The maximum atomic E-state index is 13.4. The predicted octanol–water partition coefficient (Wildman–Crippen LogP) is 7.30. The molecule has 38 heavy (non-hydrogen) atoms. The molecule has 4 nitrogen and oxygen atoms in total. The van der Waals surface area contributed by atoms with Crippen molar-refractivity contribution < 1.29 is 9.59 Å². The van der Waals surface area contributed by atoms with Crippen molar-refractivity contribution in [2.24, 2.45) is 11.8 Å². The van der Waals surface area contributed by atoms with Crippen molar-refractivity contribution in [2.75, 3.05) is 39.3 Å². The van der Waals surface area contributed by atoms with Gasteiger partial charge in [0.15, 0.2) is 11.6 Å². The van der Waals surface area contributed by atoms with Gasteiger partial charge in [0.25, 0.3) is 0 Å². The van der Waals surface area contributed by atoms with E-state index in [4.69, 9.17) is 0 Å². The number of nitrogens with zero attached hydrogens (tertiary/aromatic N) is 2. The van der Waals surface area contributed by atoms with Crippen LogP contribution in [0.1, 0.15) is 97.8 Å². The van der Waals surface area contributed by atoms with Crippen LogP contribution >= 0.6 is 0 Å². The fraction of sp³-hybridized carbons (Fsp3) is 0.588. The molecule has 2 aromatic rings. The SMILES string of the molecule is O=C(c1ccccc1)C(CCCCCCC(CN1CCCCC1)C(=O)c1ccccc1)CN1CCCCC1. The first kappa shape index (κ1) is 28.7. The number of piperidine rings is 2. The van der Waals surface area contributed by atoms with Crippen LogP contribution in [0.15, 0.2) is 60.7 Å². The molecule has 2 aliphatic rings. The minimum absolute atomic E-state index is 0.0852. The van der Waals surface area contributed by atoms with Gasteiger partial charge in [-0.1, -0.05) is 99.2 Å². The number of carbonyl (C=O) groups excluding carboxylic acids is 2. The van der Waals surface area contributed by atoms with Crippen molar-refractivity contribution >= 4 is 11.6 Å². The topological polar surface area (TPSA) is 40.6 Å². The highest BCUT2D eigenvalue weighted by Crippen LogP contribution is 2.23. The molecule has 0 bridgehead atoms. The third-order valence-corrected chi connectivity index (χ3v) is 8.57. The molecule has 2 heterocycles. The molecule has 2 fully saturated rings. The zero-order valence-electron chi connectivity index (χ0n) is 23.4. The van der Waals surface area contributed by atoms with Gasteiger partial charge in [-0.05, 0) is 64.7 Å². The molecule has 2 unspecified atom stereocenters. The standard InChI is InChI=1S/C34H48N2O2/c37-33(29-17-9-3-10-18-29)31(27-35-23-13-5-14-24-35)21-7-1-2-8-22-32(28-36-25-15-6-16-26-36)34(38)30-19-11-4-12-20-30/h3-4,9-12,17-20,31-32H,1-2,5-8,13-16,21-28H2. The molecule has 2 saturated heterocycles. The molecule has 4 rings (SSSR count). The number of Topliss-reactive ketones (excluding diaryl/α,β-unsaturated/α-hetero) is 2. The van der Waals surface area contributed by atoms with E-state index >= 15 is 0 Å². The van der Waals surface area contributed by atoms with Crippen LogP contribution in [0.3, 0.4) is 0 Å². The van der Waals surface area contributed by atoms with Gasteiger partial charge in [0.2, 0.25) is 0 Å². The number of carbonyl (C=O) groups is 2. The molecule has 0 radical (unpaired) electrons. The molecular weight excluding hydrogens is 468 g/mol. The van der Waals surface area contributed by atoms with E-state index in [9.17, 15) is 9.59 Å². The minimum atomic E-state index is 0.0852. The number of rotatable bonds is 15. The summed E-state index contributed by atoms with van der Waals surface area (Å²) in [5.74, 6) is 0.793. The van der Waals surface area contributed by atoms with E-state index in [1.165, 1.54) is 38.5 Å². The van der Waals surface area contributed by atoms with E-state index in [-0.39, 0.29) is 11.8 Å². The summed E-state index contributed by atoms with van der Waals surface area (Å²) >= 11 is 0. The lowest BCUT2D eigenvalue weighted by Crippen LogP contribution is -2.37. The van der Waals surface area contributed by atoms with Crippen LogP contribution < -0.4 is 0 Å². The molecule has 0 aromatic heterocycles. The Balaban J connectivity index is 1.26. The largest absolute Gasteiger partial charge is 0.303 e. The van der Waals surface area contributed by atoms with Gasteiger partial charge in [0, 0.05) is 36.1 Å². The van der Waals surface area contributed by atoms with Crippen molar-refractivity contribution in [2.45, 2.75) is 77.0 Å². The average molecular weight is 517 g/mol. The van der Waals surface area contributed by atoms with Crippen LogP contribution in [-0.4, -0.2) is 60.6 Å². The summed E-state index contributed by atoms with van der Waals surface area (Å²) < 4.78 is 0. The molecule has 0 spiro atoms. The van der Waals surface area contributed by atoms with Crippen molar-refractivity contribution in [1.82, 2.24) is 9.80 Å². The highest BCUT2D eigenvalue weighted by molar-refractivity contribution is 5.98. The maximum Gasteiger partial charge on any atom is 0.167 e. The fourth-order valence-corrected chi connectivity index (χ4v) is 6.33. The summed E-state index contributed by atoms with van der Waals surface area (Å²) in [4.78, 5) is 31.7. The molecule has 2 aliphatic heterocycles. The number of likely N-dealkylation sites (tertiary alicyclic amines) is 2. The van der Waals surface area contributed by atoms with Gasteiger partial charge in [-0.3, -0.25) is 9.59 Å². The zero-order valence-corrected chi connectivity index (χ0v) is 23.4. The Labute approximate surface area is 230 Å². The lowest BCUT2D eigenvalue weighted by Gasteiger charge is -2.30. The highest BCUT2D eigenvalue weighted by Gasteiger charge is 2.25. The normalized spacial score (nSPS) is 18.6. The highest BCUT2D eigenvalue weighted by atomic mass is 16.1. The van der Waals surface area contributed by atoms with Crippen molar-refractivity contribution in [3.8, 4) is 0 Å². The number of ketones is 2. The monoisotopic (exact) mass is 516 g/mol. The van der Waals surface area contributed by atoms with Gasteiger partial charge in [0.05, 0.1) is 0 Å². The number of benzene rings is 2. The Hall–Kier alpha value is -2.30. The van der Waals surface area contributed by atoms with E-state index in [1.54, 1.807) is 0 Å². The van der Waals surface area contributed by atoms with Gasteiger partial charge >= 0.3 is 0 Å². The first-order valence-electron chi connectivity index (χ1n) is 15.3. The van der Waals surface area contributed by atoms with Crippen molar-refractivity contribution in [3.63, 3.8) is 0 Å². The molecule has 0 N–H and O–H groups in total. The van der Waals surface area contributed by atoms with Crippen LogP contribution in [0.25, 0.3) is 0 Å². The van der Waals surface area contributed by atoms with Gasteiger partial charge in [-0.25, -0.2) is 0 Å². The van der Waals surface area contributed by atoms with Crippen LogP contribution in [0.5, 0.6) is 0 Å². The van der Waals surface area contributed by atoms with Crippen LogP contribution in [0, 0.1) is 11.8 Å². The molecule has 4 heteroatoms. The summed E-state index contributed by atoms with van der Waals surface area (Å²) in [5.41, 5.74) is 1.71. The quantitative estimate of drug-likeness (QED) is 0.184. The summed E-state index contributed by atoms with van der Waals surface area (Å²) in [6.07, 6.45) is 14.0. The first-order valence-corrected chi connectivity index (χ1v) is 15.3. The smallest absolute Gasteiger partial charge is 0.167 e. The molecule has 0 amide bonds. The van der Waals surface area contributed by atoms with E-state index in [0.29, 0.717) is 11.6 Å². The fourth-order valence-electron chi connectivity index (χ4n) is 6.33. The third kappa shape index (κ3) is 9.17. The second kappa shape index (κ2) is 16.0. The molecule has 2 aromatic carbocycles. The molecule has 2 atom stereocenters. The summed E-state index contributed by atoms with van der Waals surface area (Å²) in [7, 11) is 0. The Morgan fingerprint density at radius 3 is 1.26 bits per heavy atom. The predicted molar refractivity (Wildman–Crippen MR) is 157 cm³/mol. The second-order valence-corrected chi connectivity index (χ2v) is 11.6. The second-order valence-electron chi connectivity index (χ2n) is 11.6. The van der Waals surface area contributed by atoms with Gasteiger partial charge in [-0.2, -0.15) is 0 Å². The van der Waals surface area contributed by atoms with Crippen LogP contribution in [0.2, 0.25) is 0 Å². The number of hydrogen-bond acceptors (Lipinski definition) is 4. The molecular formula is C34H48N2O2. The lowest BCUT2D eigenvalue weighted by molar-refractivity contribution is 0.0844. The Kier molecular flexibility index (Phi) is 12.1. The third-order valence-electron chi connectivity index (χ3n) is 8.57. The number of hydrogen-bond donors (Lipinski definition) is 0. The van der Waals surface area contributed by atoms with Gasteiger partial charge in [-0.15, -0.1) is 0 Å². The average Bonchev–Trinajstić information content (AvgIpc) is 2.99. The van der Waals surface area contributed by atoms with Crippen LogP contribution in [0.4, 0.5) is 0 Å². The van der Waals surface area contributed by atoms with Crippen LogP contribution in [-0.2, 0) is 0 Å². The van der Waals surface area contributed by atoms with Crippen molar-refractivity contribution in [1.29, 1.82) is 0 Å². The van der Waals surface area contributed by atoms with E-state index < -0.39 is 0 Å². The Morgan fingerprint density at radius 1 is 0.526 bits per heavy atom.